The van der Waals surface area contributed by atoms with Gasteiger partial charge in [0.15, 0.2) is 5.79 Å². The van der Waals surface area contributed by atoms with Gasteiger partial charge in [-0.1, -0.05) is 47.6 Å². The van der Waals surface area contributed by atoms with Gasteiger partial charge in [0.1, 0.15) is 0 Å². The third-order valence-electron chi connectivity index (χ3n) is 13.7. The summed E-state index contributed by atoms with van der Waals surface area (Å²) in [5, 5.41) is 20.3. The van der Waals surface area contributed by atoms with Crippen molar-refractivity contribution in [2.75, 3.05) is 21.3 Å². The molecule has 5 fully saturated rings. The Kier molecular flexibility index (Phi) is 13.0. The van der Waals surface area contributed by atoms with Crippen LogP contribution in [0.1, 0.15) is 120 Å². The zero-order valence-electron chi connectivity index (χ0n) is 34.0. The van der Waals surface area contributed by atoms with Crippen molar-refractivity contribution in [1.29, 1.82) is 0 Å². The minimum absolute atomic E-state index is 0.0230. The van der Waals surface area contributed by atoms with Crippen LogP contribution in [0.4, 0.5) is 0 Å². The third kappa shape index (κ3) is 8.05. The maximum absolute atomic E-state index is 11.2. The first kappa shape index (κ1) is 42.0. The molecular formula is C41H70O11. The van der Waals surface area contributed by atoms with Gasteiger partial charge >= 0.3 is 5.97 Å². The number of aliphatic hydroxyl groups excluding tert-OH is 1. The molecule has 0 amide bonds. The van der Waals surface area contributed by atoms with Crippen molar-refractivity contribution in [3.05, 3.63) is 11.6 Å². The average molecular weight is 739 g/mol. The summed E-state index contributed by atoms with van der Waals surface area (Å²) < 4.78 is 52.4. The minimum Gasteiger partial charge on any atom is -0.478 e. The number of aliphatic carboxylic acids is 1. The lowest BCUT2D eigenvalue weighted by Gasteiger charge is -2.50. The van der Waals surface area contributed by atoms with Crippen molar-refractivity contribution in [2.24, 2.45) is 35.5 Å². The van der Waals surface area contributed by atoms with E-state index in [0.29, 0.717) is 37.2 Å². The van der Waals surface area contributed by atoms with Crippen molar-refractivity contribution < 1.29 is 52.9 Å². The molecule has 1 spiro atoms. The van der Waals surface area contributed by atoms with Crippen LogP contribution in [0.3, 0.4) is 0 Å². The van der Waals surface area contributed by atoms with Crippen LogP contribution in [0.5, 0.6) is 0 Å². The maximum Gasteiger partial charge on any atom is 0.330 e. The van der Waals surface area contributed by atoms with Crippen molar-refractivity contribution in [1.82, 2.24) is 0 Å². The lowest BCUT2D eigenvalue weighted by Crippen LogP contribution is -2.58. The Labute approximate surface area is 312 Å². The highest BCUT2D eigenvalue weighted by molar-refractivity contribution is 5.85. The summed E-state index contributed by atoms with van der Waals surface area (Å²) >= 11 is 0. The molecule has 0 aromatic heterocycles. The fourth-order valence-electron chi connectivity index (χ4n) is 10.8. The zero-order chi connectivity index (χ0) is 38.4. The molecule has 0 bridgehead atoms. The predicted molar refractivity (Wildman–Crippen MR) is 195 cm³/mol. The first-order valence-corrected chi connectivity index (χ1v) is 20.0. The molecule has 2 N–H and O–H groups in total. The van der Waals surface area contributed by atoms with E-state index >= 15 is 0 Å². The number of carboxylic acids is 1. The van der Waals surface area contributed by atoms with E-state index in [2.05, 4.69) is 48.5 Å². The van der Waals surface area contributed by atoms with Crippen LogP contribution < -0.4 is 0 Å². The zero-order valence-corrected chi connectivity index (χ0v) is 34.0. The molecule has 5 rings (SSSR count). The number of ether oxygens (including phenoxy) is 8. The van der Waals surface area contributed by atoms with Crippen molar-refractivity contribution in [3.63, 3.8) is 0 Å². The maximum atomic E-state index is 11.2. The third-order valence-corrected chi connectivity index (χ3v) is 13.7. The van der Waals surface area contributed by atoms with Crippen molar-refractivity contribution in [2.45, 2.75) is 186 Å². The Morgan fingerprint density at radius 2 is 1.62 bits per heavy atom. The van der Waals surface area contributed by atoms with Crippen LogP contribution >= 0.6 is 0 Å². The van der Waals surface area contributed by atoms with E-state index in [-0.39, 0.29) is 66.2 Å². The smallest absolute Gasteiger partial charge is 0.330 e. The van der Waals surface area contributed by atoms with Crippen LogP contribution in [0, 0.1) is 35.5 Å². The molecule has 5 aliphatic heterocycles. The van der Waals surface area contributed by atoms with Gasteiger partial charge in [-0.25, -0.2) is 4.79 Å². The summed E-state index contributed by atoms with van der Waals surface area (Å²) in [5.74, 6) is -2.09. The number of allylic oxidation sites excluding steroid dienone is 1. The van der Waals surface area contributed by atoms with E-state index in [4.69, 9.17) is 37.9 Å². The van der Waals surface area contributed by atoms with Crippen LogP contribution in [0.15, 0.2) is 11.6 Å². The molecule has 52 heavy (non-hydrogen) atoms. The summed E-state index contributed by atoms with van der Waals surface area (Å²) in [7, 11) is 5.03. The Balaban J connectivity index is 1.24. The lowest BCUT2D eigenvalue weighted by molar-refractivity contribution is -0.426. The Hall–Kier alpha value is -1.15. The normalized spacial score (nSPS) is 46.5. The summed E-state index contributed by atoms with van der Waals surface area (Å²) in [5.41, 5.74) is -0.735. The van der Waals surface area contributed by atoms with Gasteiger partial charge in [-0.3, -0.25) is 0 Å². The highest BCUT2D eigenvalue weighted by Crippen LogP contribution is 2.57. The van der Waals surface area contributed by atoms with Gasteiger partial charge in [0.2, 0.25) is 0 Å². The molecular weight excluding hydrogens is 668 g/mol. The number of rotatable bonds is 13. The van der Waals surface area contributed by atoms with Gasteiger partial charge in [-0.05, 0) is 89.9 Å². The minimum atomic E-state index is -1.07. The van der Waals surface area contributed by atoms with Crippen LogP contribution in [0.25, 0.3) is 0 Å². The highest BCUT2D eigenvalue weighted by atomic mass is 16.9. The largest absolute Gasteiger partial charge is 0.478 e. The van der Waals surface area contributed by atoms with Gasteiger partial charge in [0.25, 0.3) is 5.97 Å². The predicted octanol–water partition coefficient (Wildman–Crippen LogP) is 6.88. The Bertz CT molecular complexity index is 1250. The van der Waals surface area contributed by atoms with E-state index in [1.807, 2.05) is 6.92 Å². The molecule has 0 radical (unpaired) electrons. The van der Waals surface area contributed by atoms with E-state index in [0.717, 1.165) is 32.1 Å². The van der Waals surface area contributed by atoms with Gasteiger partial charge in [-0.15, -0.1) is 0 Å². The summed E-state index contributed by atoms with van der Waals surface area (Å²) in [4.78, 5) is 11.2. The van der Waals surface area contributed by atoms with E-state index in [1.54, 1.807) is 34.3 Å². The second-order valence-corrected chi connectivity index (χ2v) is 17.9. The first-order chi connectivity index (χ1) is 24.4. The number of aliphatic hydroxyl groups is 1. The second kappa shape index (κ2) is 16.1. The molecule has 5 heterocycles. The molecule has 5 saturated heterocycles. The Morgan fingerprint density at radius 3 is 2.25 bits per heavy atom. The molecule has 11 nitrogen and oxygen atoms in total. The molecule has 0 aromatic rings. The highest BCUT2D eigenvalue weighted by Gasteiger charge is 2.65. The summed E-state index contributed by atoms with van der Waals surface area (Å²) in [6.45, 7) is 18.9. The molecule has 11 heteroatoms. The van der Waals surface area contributed by atoms with E-state index in [9.17, 15) is 15.0 Å². The van der Waals surface area contributed by atoms with Crippen molar-refractivity contribution >= 4 is 5.97 Å². The SMILES string of the molecule is CO[C@@H]1C[C@@H](C[C@@H](O)CC[C@H](C)C=C(C)C(=O)O)O[C@]2(O[C@](C)([C@H]3CC[C@@](C)([C@@H]4O[C@@H]([C@H]5OC(OC)(OC)[C@H](C)C[C@@H]5C)C[C@@H]4C)O3)C[C@H]2C)[C@@H]1C. The van der Waals surface area contributed by atoms with Gasteiger partial charge < -0.3 is 48.1 Å². The number of hydrogen-bond acceptors (Lipinski definition) is 10. The molecule has 16 atom stereocenters. The average Bonchev–Trinajstić information content (AvgIpc) is 3.76. The fraction of sp³-hybridized carbons (Fsp3) is 0.927. The quantitative estimate of drug-likeness (QED) is 0.152. The molecule has 0 unspecified atom stereocenters. The molecule has 5 aliphatic rings. The number of carbonyl (C=O) groups is 1. The molecule has 0 aromatic carbocycles. The standard InChI is InChI=1S/C41H70O11/c1-23(17-26(4)37(43)44)13-14-30(42)20-31-21-32(45-10)29(7)40(49-31)28(6)22-39(9,52-40)34-15-16-38(8,50-34)36-25(3)19-33(48-36)35-24(2)18-27(5)41(46-11,47-12)51-35/h17,23-25,27-36,42H,13-16,18-22H2,1-12H3,(H,43,44)/t23-,24-,25-,27+,28+,29+,30-,31+,32+,33+,34+,35-,36+,38-,39-,40+/m0/s1. The van der Waals surface area contributed by atoms with Gasteiger partial charge in [0.05, 0.1) is 53.9 Å². The number of carboxylic acid groups (broad SMARTS) is 1. The molecule has 0 saturated carbocycles. The monoisotopic (exact) mass is 738 g/mol. The lowest BCUT2D eigenvalue weighted by atomic mass is 9.78. The summed E-state index contributed by atoms with van der Waals surface area (Å²) in [6.07, 6.45) is 7.07. The number of methoxy groups -OCH3 is 3. The fourth-order valence-corrected chi connectivity index (χ4v) is 10.8. The van der Waals surface area contributed by atoms with E-state index < -0.39 is 35.0 Å². The van der Waals surface area contributed by atoms with Gasteiger partial charge in [0, 0.05) is 51.1 Å². The second-order valence-electron chi connectivity index (χ2n) is 17.9. The molecule has 0 aliphatic carbocycles. The van der Waals surface area contributed by atoms with Crippen molar-refractivity contribution in [3.8, 4) is 0 Å². The van der Waals surface area contributed by atoms with Crippen LogP contribution in [0.2, 0.25) is 0 Å². The number of hydrogen-bond donors (Lipinski definition) is 2. The van der Waals surface area contributed by atoms with Gasteiger partial charge in [-0.2, -0.15) is 0 Å². The first-order valence-electron chi connectivity index (χ1n) is 20.0. The van der Waals surface area contributed by atoms with Crippen LogP contribution in [-0.4, -0.2) is 103 Å². The Morgan fingerprint density at radius 1 is 0.923 bits per heavy atom. The van der Waals surface area contributed by atoms with E-state index in [1.165, 1.54) is 0 Å². The van der Waals surface area contributed by atoms with Crippen LogP contribution in [-0.2, 0) is 42.7 Å². The molecule has 300 valence electrons. The topological polar surface area (TPSA) is 131 Å². The summed E-state index contributed by atoms with van der Waals surface area (Å²) in [6, 6.07) is 0.